The Bertz CT molecular complexity index is 465. The van der Waals surface area contributed by atoms with Crippen LogP contribution in [0.3, 0.4) is 0 Å². The third kappa shape index (κ3) is 4.03. The molecule has 0 fully saturated rings. The van der Waals surface area contributed by atoms with Crippen molar-refractivity contribution in [2.45, 2.75) is 30.7 Å². The topological polar surface area (TPSA) is 49.0 Å². The van der Waals surface area contributed by atoms with Gasteiger partial charge in [0.15, 0.2) is 17.8 Å². The number of thioether (sulfide) groups is 1. The summed E-state index contributed by atoms with van der Waals surface area (Å²) in [6.07, 6.45) is 1.80. The van der Waals surface area contributed by atoms with Gasteiger partial charge in [-0.05, 0) is 30.9 Å². The highest BCUT2D eigenvalue weighted by Gasteiger charge is 2.18. The molecule has 0 amide bonds. The molecule has 0 spiro atoms. The lowest BCUT2D eigenvalue weighted by molar-refractivity contribution is -0.119. The Morgan fingerprint density at radius 1 is 1.19 bits per heavy atom. The molecule has 1 aliphatic rings. The highest BCUT2D eigenvalue weighted by Crippen LogP contribution is 2.36. The Balaban J connectivity index is 2.08. The molecule has 1 aliphatic heterocycles. The van der Waals surface area contributed by atoms with Crippen LogP contribution >= 0.6 is 11.8 Å². The second-order valence-corrected chi connectivity index (χ2v) is 5.67. The fraction of sp³-hybridized carbons (Fsp3) is 0.600. The molecule has 1 unspecified atom stereocenters. The summed E-state index contributed by atoms with van der Waals surface area (Å²) in [6, 6.07) is 4.18. The molecule has 1 heterocycles. The van der Waals surface area contributed by atoms with Crippen molar-refractivity contribution in [1.82, 2.24) is 5.32 Å². The van der Waals surface area contributed by atoms with E-state index in [9.17, 15) is 0 Å². The molecule has 1 atom stereocenters. The quantitative estimate of drug-likeness (QED) is 0.615. The first kappa shape index (κ1) is 16.4. The van der Waals surface area contributed by atoms with E-state index in [4.69, 9.17) is 18.9 Å². The molecule has 21 heavy (non-hydrogen) atoms. The van der Waals surface area contributed by atoms with Gasteiger partial charge < -0.3 is 24.3 Å². The predicted octanol–water partition coefficient (Wildman–Crippen LogP) is 2.28. The fourth-order valence-electron chi connectivity index (χ4n) is 2.31. The van der Waals surface area contributed by atoms with Crippen molar-refractivity contribution in [3.05, 3.63) is 17.7 Å². The summed E-state index contributed by atoms with van der Waals surface area (Å²) in [4.78, 5) is 1.19. The molecule has 5 nitrogen and oxygen atoms in total. The molecule has 2 rings (SSSR count). The van der Waals surface area contributed by atoms with Crippen LogP contribution in [-0.4, -0.2) is 46.0 Å². The summed E-state index contributed by atoms with van der Waals surface area (Å²) in [7, 11) is 3.29. The van der Waals surface area contributed by atoms with Gasteiger partial charge in [-0.2, -0.15) is 0 Å². The normalized spacial score (nSPS) is 15.3. The molecule has 0 aromatic heterocycles. The molecule has 118 valence electrons. The Morgan fingerprint density at radius 3 is 2.38 bits per heavy atom. The smallest absolute Gasteiger partial charge is 0.171 e. The molecular formula is C15H23NO4S. The van der Waals surface area contributed by atoms with Crippen molar-refractivity contribution in [3.63, 3.8) is 0 Å². The maximum absolute atomic E-state index is 5.65. The van der Waals surface area contributed by atoms with E-state index >= 15 is 0 Å². The van der Waals surface area contributed by atoms with Gasteiger partial charge in [-0.25, -0.2) is 0 Å². The minimum absolute atomic E-state index is 0.0860. The zero-order valence-corrected chi connectivity index (χ0v) is 13.8. The van der Waals surface area contributed by atoms with Crippen molar-refractivity contribution in [2.24, 2.45) is 0 Å². The van der Waals surface area contributed by atoms with Crippen molar-refractivity contribution in [2.75, 3.05) is 33.7 Å². The maximum Gasteiger partial charge on any atom is 0.171 e. The first-order chi connectivity index (χ1) is 10.2. The van der Waals surface area contributed by atoms with Gasteiger partial charge in [0.05, 0.1) is 6.04 Å². The van der Waals surface area contributed by atoms with Crippen LogP contribution in [-0.2, 0) is 16.0 Å². The first-order valence-corrected chi connectivity index (χ1v) is 8.17. The summed E-state index contributed by atoms with van der Waals surface area (Å²) in [5.41, 5.74) is 1.18. The Morgan fingerprint density at radius 2 is 1.81 bits per heavy atom. The zero-order chi connectivity index (χ0) is 15.2. The second-order valence-electron chi connectivity index (χ2n) is 4.82. The minimum Gasteiger partial charge on any atom is -0.486 e. The average Bonchev–Trinajstić information content (AvgIpc) is 2.53. The molecule has 0 saturated heterocycles. The van der Waals surface area contributed by atoms with Crippen molar-refractivity contribution in [3.8, 4) is 11.5 Å². The number of hydrogen-bond acceptors (Lipinski definition) is 6. The molecular weight excluding hydrogens is 290 g/mol. The van der Waals surface area contributed by atoms with Gasteiger partial charge in [0.2, 0.25) is 0 Å². The van der Waals surface area contributed by atoms with Gasteiger partial charge in [0.25, 0.3) is 0 Å². The van der Waals surface area contributed by atoms with E-state index in [1.54, 1.807) is 26.0 Å². The number of methoxy groups -OCH3 is 2. The Hall–Kier alpha value is -0.950. The summed E-state index contributed by atoms with van der Waals surface area (Å²) in [5, 5.41) is 3.42. The number of hydrogen-bond donors (Lipinski definition) is 1. The van der Waals surface area contributed by atoms with Crippen LogP contribution in [0, 0.1) is 0 Å². The lowest BCUT2D eigenvalue weighted by Gasteiger charge is -2.24. The Kier molecular flexibility index (Phi) is 6.17. The molecule has 1 aromatic carbocycles. The summed E-state index contributed by atoms with van der Waals surface area (Å²) in [5.74, 6) is 1.65. The zero-order valence-electron chi connectivity index (χ0n) is 13.0. The lowest BCUT2D eigenvalue weighted by Crippen LogP contribution is -2.39. The predicted molar refractivity (Wildman–Crippen MR) is 83.3 cm³/mol. The third-order valence-corrected chi connectivity index (χ3v) is 4.25. The van der Waals surface area contributed by atoms with Gasteiger partial charge in [-0.3, -0.25) is 0 Å². The van der Waals surface area contributed by atoms with Crippen molar-refractivity contribution < 1.29 is 18.9 Å². The van der Waals surface area contributed by atoms with E-state index in [0.717, 1.165) is 18.0 Å². The van der Waals surface area contributed by atoms with Crippen LogP contribution in [0.1, 0.15) is 12.5 Å². The molecule has 0 bridgehead atoms. The second kappa shape index (κ2) is 7.89. The molecule has 1 N–H and O–H groups in total. The van der Waals surface area contributed by atoms with Crippen LogP contribution < -0.4 is 14.8 Å². The molecule has 0 radical (unpaired) electrons. The van der Waals surface area contributed by atoms with E-state index in [-0.39, 0.29) is 12.3 Å². The first-order valence-electron chi connectivity index (χ1n) is 6.95. The molecule has 1 aromatic rings. The summed E-state index contributed by atoms with van der Waals surface area (Å²) in [6.45, 7) is 3.97. The van der Waals surface area contributed by atoms with Crippen LogP contribution in [0.15, 0.2) is 17.0 Å². The van der Waals surface area contributed by atoms with Crippen LogP contribution in [0.2, 0.25) is 0 Å². The van der Waals surface area contributed by atoms with Gasteiger partial charge in [0.1, 0.15) is 13.2 Å². The number of fused-ring (bicyclic) bond motifs is 1. The maximum atomic E-state index is 5.65. The van der Waals surface area contributed by atoms with Crippen LogP contribution in [0.4, 0.5) is 0 Å². The number of nitrogens with one attached hydrogen (secondary N) is 1. The van der Waals surface area contributed by atoms with E-state index in [0.29, 0.717) is 13.2 Å². The standard InChI is InChI=1S/C15H23NO4S/c1-10(15(17-2)18-3)16-9-11-7-12-13(8-14(11)21-4)20-6-5-19-12/h7-8,10,15-16H,5-6,9H2,1-4H3. The SMILES string of the molecule is COC(OC)C(C)NCc1cc2c(cc1SC)OCCO2. The van der Waals surface area contributed by atoms with E-state index in [2.05, 4.69) is 17.6 Å². The van der Waals surface area contributed by atoms with Crippen molar-refractivity contribution >= 4 is 11.8 Å². The highest BCUT2D eigenvalue weighted by molar-refractivity contribution is 7.98. The van der Waals surface area contributed by atoms with Gasteiger partial charge in [-0.1, -0.05) is 0 Å². The highest BCUT2D eigenvalue weighted by atomic mass is 32.2. The minimum atomic E-state index is -0.264. The molecule has 0 aliphatic carbocycles. The van der Waals surface area contributed by atoms with E-state index < -0.39 is 0 Å². The molecule has 0 saturated carbocycles. The van der Waals surface area contributed by atoms with E-state index in [1.165, 1.54) is 10.5 Å². The van der Waals surface area contributed by atoms with Crippen LogP contribution in [0.5, 0.6) is 11.5 Å². The Labute approximate surface area is 130 Å². The number of rotatable bonds is 7. The lowest BCUT2D eigenvalue weighted by atomic mass is 10.1. The average molecular weight is 313 g/mol. The number of benzene rings is 1. The fourth-order valence-corrected chi connectivity index (χ4v) is 2.93. The summed E-state index contributed by atoms with van der Waals surface area (Å²) < 4.78 is 21.8. The van der Waals surface area contributed by atoms with Gasteiger partial charge in [-0.15, -0.1) is 11.8 Å². The third-order valence-electron chi connectivity index (χ3n) is 3.43. The summed E-state index contributed by atoms with van der Waals surface area (Å²) >= 11 is 1.70. The number of ether oxygens (including phenoxy) is 4. The monoisotopic (exact) mass is 313 g/mol. The van der Waals surface area contributed by atoms with Crippen LogP contribution in [0.25, 0.3) is 0 Å². The van der Waals surface area contributed by atoms with Gasteiger partial charge >= 0.3 is 0 Å². The van der Waals surface area contributed by atoms with Gasteiger partial charge in [0, 0.05) is 25.7 Å². The van der Waals surface area contributed by atoms with Crippen molar-refractivity contribution in [1.29, 1.82) is 0 Å². The molecule has 6 heteroatoms. The van der Waals surface area contributed by atoms with E-state index in [1.807, 2.05) is 13.0 Å². The largest absolute Gasteiger partial charge is 0.486 e.